The van der Waals surface area contributed by atoms with Crippen LogP contribution in [-0.4, -0.2) is 35.4 Å². The number of nitrogens with zero attached hydrogens (tertiary/aromatic N) is 2. The third-order valence-electron chi connectivity index (χ3n) is 7.52. The summed E-state index contributed by atoms with van der Waals surface area (Å²) in [5, 5.41) is 6.90. The van der Waals surface area contributed by atoms with Gasteiger partial charge in [0.1, 0.15) is 30.0 Å². The lowest BCUT2D eigenvalue weighted by molar-refractivity contribution is -0.111. The molecule has 11 nitrogen and oxygen atoms in total. The van der Waals surface area contributed by atoms with E-state index in [0.717, 1.165) is 11.1 Å². The van der Waals surface area contributed by atoms with Gasteiger partial charge in [-0.3, -0.25) is 9.59 Å². The second-order valence-corrected chi connectivity index (χ2v) is 10.8. The molecule has 0 saturated carbocycles. The van der Waals surface area contributed by atoms with Gasteiger partial charge in [-0.05, 0) is 61.4 Å². The normalized spacial score (nSPS) is 11.1. The zero-order valence-electron chi connectivity index (χ0n) is 26.6. The van der Waals surface area contributed by atoms with Crippen molar-refractivity contribution in [3.05, 3.63) is 114 Å². The highest BCUT2D eigenvalue weighted by atomic mass is 16.5. The van der Waals surface area contributed by atoms with Gasteiger partial charge >= 0.3 is 0 Å². The number of nitrogen functional groups attached to an aromatic ring is 1. The number of hydrogen-bond acceptors (Lipinski definition) is 9. The predicted molar refractivity (Wildman–Crippen MR) is 184 cm³/mol. The van der Waals surface area contributed by atoms with Crippen LogP contribution in [0.5, 0.6) is 23.1 Å². The maximum absolute atomic E-state index is 12.6. The number of aryl methyl sites for hydroxylation is 1. The number of nitrogens with one attached hydrogen (secondary N) is 2. The van der Waals surface area contributed by atoms with Crippen LogP contribution in [0.15, 0.2) is 95.7 Å². The molecular formula is C37H33N5O6. The Kier molecular flexibility index (Phi) is 9.19. The smallest absolute Gasteiger partial charge is 0.255 e. The second-order valence-electron chi connectivity index (χ2n) is 10.8. The number of hydrogen-bond donors (Lipinski definition) is 3. The Balaban J connectivity index is 1.16. The molecule has 0 radical (unpaired) electrons. The Morgan fingerprint density at radius 2 is 1.77 bits per heavy atom. The number of para-hydroxylation sites is 2. The van der Waals surface area contributed by atoms with Gasteiger partial charge in [0.25, 0.3) is 5.91 Å². The average Bonchev–Trinajstić information content (AvgIpc) is 3.42. The first-order valence-electron chi connectivity index (χ1n) is 15.2. The number of anilines is 2. The number of ether oxygens (including phenoxy) is 3. The molecule has 0 bridgehead atoms. The zero-order chi connectivity index (χ0) is 33.6. The van der Waals surface area contributed by atoms with E-state index < -0.39 is 0 Å². The van der Waals surface area contributed by atoms with E-state index in [0.29, 0.717) is 74.2 Å². The molecule has 0 saturated heterocycles. The van der Waals surface area contributed by atoms with Crippen LogP contribution in [0.25, 0.3) is 27.9 Å². The summed E-state index contributed by atoms with van der Waals surface area (Å²) in [4.78, 5) is 33.6. The number of methoxy groups -OCH3 is 1. The molecule has 0 aliphatic rings. The summed E-state index contributed by atoms with van der Waals surface area (Å²) < 4.78 is 23.8. The van der Waals surface area contributed by atoms with E-state index in [2.05, 4.69) is 20.6 Å². The Hall–Kier alpha value is -6.36. The van der Waals surface area contributed by atoms with E-state index in [1.54, 1.807) is 74.7 Å². The Labute approximate surface area is 276 Å². The van der Waals surface area contributed by atoms with Crippen molar-refractivity contribution in [1.29, 1.82) is 0 Å². The van der Waals surface area contributed by atoms with E-state index in [-0.39, 0.29) is 18.4 Å². The standard InChI is InChI=1S/C37H33N5O6/c1-4-39-36(44)35-22(2)47-31-17-25(14-15-26(31)35)48-37-27-18-33(32(45-3)19-30(27)40-21-41-37)46-20-24-11-9-23(10-12-24)13-16-34(43)42-29-8-6-5-7-28(29)38/h5-19,21H,4,20,38H2,1-3H3,(H,39,44)(H,42,43). The molecule has 6 rings (SSSR count). The van der Waals surface area contributed by atoms with Crippen LogP contribution in [0.2, 0.25) is 0 Å². The largest absolute Gasteiger partial charge is 0.493 e. The SMILES string of the molecule is CCNC(=O)c1c(C)oc2cc(Oc3ncnc4cc(OC)c(OCc5ccc(C=CC(=O)Nc6ccccc6N)cc5)cc34)ccc12. The summed E-state index contributed by atoms with van der Waals surface area (Å²) in [6.45, 7) is 4.40. The van der Waals surface area contributed by atoms with Crippen LogP contribution in [-0.2, 0) is 11.4 Å². The Morgan fingerprint density at radius 3 is 2.54 bits per heavy atom. The van der Waals surface area contributed by atoms with Crippen LogP contribution in [0.3, 0.4) is 0 Å². The van der Waals surface area contributed by atoms with Gasteiger partial charge in [-0.15, -0.1) is 0 Å². The minimum atomic E-state index is -0.279. The summed E-state index contributed by atoms with van der Waals surface area (Å²) in [5.41, 5.74) is 10.3. The molecule has 6 aromatic rings. The fraction of sp³-hybridized carbons (Fsp3) is 0.135. The number of carbonyl (C=O) groups is 2. The van der Waals surface area contributed by atoms with Crippen molar-refractivity contribution in [2.75, 3.05) is 24.7 Å². The first-order chi connectivity index (χ1) is 23.3. The number of carbonyl (C=O) groups excluding carboxylic acids is 2. The first-order valence-corrected chi connectivity index (χ1v) is 15.2. The lowest BCUT2D eigenvalue weighted by Crippen LogP contribution is -2.22. The molecule has 2 aromatic heterocycles. The lowest BCUT2D eigenvalue weighted by Gasteiger charge is -2.13. The highest BCUT2D eigenvalue weighted by Crippen LogP contribution is 2.37. The first kappa shape index (κ1) is 31.6. The van der Waals surface area contributed by atoms with E-state index in [1.165, 1.54) is 12.4 Å². The van der Waals surface area contributed by atoms with E-state index in [4.69, 9.17) is 24.4 Å². The molecule has 0 aliphatic heterocycles. The number of aromatic nitrogens is 2. The van der Waals surface area contributed by atoms with E-state index >= 15 is 0 Å². The molecule has 48 heavy (non-hydrogen) atoms. The van der Waals surface area contributed by atoms with Crippen molar-refractivity contribution in [3.8, 4) is 23.1 Å². The maximum atomic E-state index is 12.6. The maximum Gasteiger partial charge on any atom is 0.255 e. The summed E-state index contributed by atoms with van der Waals surface area (Å²) in [5.74, 6) is 1.84. The molecule has 4 N–H and O–H groups in total. The number of amides is 2. The third-order valence-corrected chi connectivity index (χ3v) is 7.52. The minimum Gasteiger partial charge on any atom is -0.493 e. The minimum absolute atomic E-state index is 0.187. The van der Waals surface area contributed by atoms with Gasteiger partial charge in [0.2, 0.25) is 11.8 Å². The Morgan fingerprint density at radius 1 is 0.958 bits per heavy atom. The highest BCUT2D eigenvalue weighted by molar-refractivity contribution is 6.07. The number of fused-ring (bicyclic) bond motifs is 2. The van der Waals surface area contributed by atoms with Gasteiger partial charge in [0, 0.05) is 30.1 Å². The van der Waals surface area contributed by atoms with Gasteiger partial charge in [0.15, 0.2) is 11.5 Å². The summed E-state index contributed by atoms with van der Waals surface area (Å²) in [6, 6.07) is 23.5. The van der Waals surface area contributed by atoms with Crippen molar-refractivity contribution >= 4 is 51.1 Å². The average molecular weight is 644 g/mol. The van der Waals surface area contributed by atoms with Crippen molar-refractivity contribution in [3.63, 3.8) is 0 Å². The third kappa shape index (κ3) is 6.90. The van der Waals surface area contributed by atoms with E-state index in [1.807, 2.05) is 31.2 Å². The zero-order valence-corrected chi connectivity index (χ0v) is 26.6. The number of rotatable bonds is 11. The molecule has 4 aromatic carbocycles. The lowest BCUT2D eigenvalue weighted by atomic mass is 10.1. The van der Waals surface area contributed by atoms with Crippen molar-refractivity contribution in [2.45, 2.75) is 20.5 Å². The van der Waals surface area contributed by atoms with Crippen LogP contribution >= 0.6 is 0 Å². The summed E-state index contributed by atoms with van der Waals surface area (Å²) in [7, 11) is 1.56. The number of furan rings is 1. The predicted octanol–water partition coefficient (Wildman–Crippen LogP) is 7.05. The monoisotopic (exact) mass is 643 g/mol. The molecule has 0 unspecified atom stereocenters. The summed E-state index contributed by atoms with van der Waals surface area (Å²) >= 11 is 0. The molecule has 11 heteroatoms. The van der Waals surface area contributed by atoms with Gasteiger partial charge in [-0.1, -0.05) is 36.4 Å². The Bertz CT molecular complexity index is 2160. The molecular weight excluding hydrogens is 610 g/mol. The molecule has 242 valence electrons. The number of nitrogens with two attached hydrogens (primary N) is 1. The van der Waals surface area contributed by atoms with Crippen molar-refractivity contribution in [1.82, 2.24) is 15.3 Å². The summed E-state index contributed by atoms with van der Waals surface area (Å²) in [6.07, 6.45) is 4.59. The fourth-order valence-electron chi connectivity index (χ4n) is 5.14. The van der Waals surface area contributed by atoms with Crippen molar-refractivity contribution < 1.29 is 28.2 Å². The van der Waals surface area contributed by atoms with Crippen molar-refractivity contribution in [2.24, 2.45) is 0 Å². The van der Waals surface area contributed by atoms with Gasteiger partial charge in [-0.2, -0.15) is 0 Å². The molecule has 0 spiro atoms. The van der Waals surface area contributed by atoms with Gasteiger partial charge in [0.05, 0.1) is 35.0 Å². The molecule has 2 heterocycles. The molecule has 2 amide bonds. The van der Waals surface area contributed by atoms with Crippen LogP contribution in [0.4, 0.5) is 11.4 Å². The van der Waals surface area contributed by atoms with Crippen LogP contribution < -0.4 is 30.6 Å². The van der Waals surface area contributed by atoms with Gasteiger partial charge in [-0.25, -0.2) is 9.97 Å². The quantitative estimate of drug-likeness (QED) is 0.0997. The van der Waals surface area contributed by atoms with Crippen LogP contribution in [0, 0.1) is 6.92 Å². The highest BCUT2D eigenvalue weighted by Gasteiger charge is 2.19. The topological polar surface area (TPSA) is 151 Å². The van der Waals surface area contributed by atoms with E-state index in [9.17, 15) is 9.59 Å². The van der Waals surface area contributed by atoms with Crippen LogP contribution in [0.1, 0.15) is 34.2 Å². The molecule has 0 fully saturated rings. The molecule has 0 aliphatic carbocycles. The second kappa shape index (κ2) is 14.0. The molecule has 0 atom stereocenters. The number of benzene rings is 4. The fourth-order valence-corrected chi connectivity index (χ4v) is 5.14. The van der Waals surface area contributed by atoms with Gasteiger partial charge < -0.3 is 35.0 Å².